The number of oxazole rings is 1. The second-order valence-electron chi connectivity index (χ2n) is 10.0. The van der Waals surface area contributed by atoms with Crippen LogP contribution in [0, 0.1) is 0 Å². The number of carbonyl (C=O) groups is 1. The zero-order chi connectivity index (χ0) is 29.4. The highest BCUT2D eigenvalue weighted by Crippen LogP contribution is 2.30. The molecule has 0 aliphatic heterocycles. The van der Waals surface area contributed by atoms with Crippen molar-refractivity contribution in [1.29, 1.82) is 0 Å². The van der Waals surface area contributed by atoms with Crippen LogP contribution in [0.2, 0.25) is 0 Å². The Balaban J connectivity index is 1.21. The molecule has 11 heteroatoms. The number of nitrogens with one attached hydrogen (secondary N) is 2. The molecule has 2 aromatic carbocycles. The molecule has 3 N–H and O–H groups in total. The van der Waals surface area contributed by atoms with Crippen molar-refractivity contribution in [2.24, 2.45) is 0 Å². The fraction of sp³-hybridized carbons (Fsp3) is 0.290. The van der Waals surface area contributed by atoms with Gasteiger partial charge in [-0.2, -0.15) is 0 Å². The van der Waals surface area contributed by atoms with Crippen molar-refractivity contribution in [3.8, 4) is 0 Å². The number of aliphatic hydroxyl groups is 1. The molecular formula is C31H33N3O5S3. The zero-order valence-electron chi connectivity index (χ0n) is 22.9. The molecule has 0 spiro atoms. The van der Waals surface area contributed by atoms with Gasteiger partial charge < -0.3 is 14.8 Å². The maximum absolute atomic E-state index is 13.5. The summed E-state index contributed by atoms with van der Waals surface area (Å²) in [5.41, 5.74) is 2.01. The first-order valence-corrected chi connectivity index (χ1v) is 17.3. The van der Waals surface area contributed by atoms with E-state index in [9.17, 15) is 18.3 Å². The van der Waals surface area contributed by atoms with E-state index in [1.165, 1.54) is 0 Å². The number of hydrogen-bond donors (Lipinski definition) is 3. The first-order chi connectivity index (χ1) is 20.4. The molecule has 3 heterocycles. The smallest absolute Gasteiger partial charge is 0.238 e. The van der Waals surface area contributed by atoms with E-state index in [0.29, 0.717) is 42.5 Å². The standard InChI is InChI=1S/C31H33N3O5S3/c35-25(31-34-23-12-4-5-14-26(23)39-31)13-6-7-17-32-30(36)24(21-42(37,38)20-22-10-2-1-3-11-22)33-29(27-15-8-18-40-27)28-16-9-19-41-28/h1-5,8-12,14-16,18-19,24-25,29,33,35H,6-7,13,17,20-21H2,(H,32,36)/t24-,25-/m0/s1. The summed E-state index contributed by atoms with van der Waals surface area (Å²) in [7, 11) is -3.62. The van der Waals surface area contributed by atoms with E-state index in [2.05, 4.69) is 15.6 Å². The predicted octanol–water partition coefficient (Wildman–Crippen LogP) is 5.63. The molecular weight excluding hydrogens is 591 g/mol. The van der Waals surface area contributed by atoms with Crippen LogP contribution in [0.3, 0.4) is 0 Å². The van der Waals surface area contributed by atoms with Crippen molar-refractivity contribution in [1.82, 2.24) is 15.6 Å². The highest BCUT2D eigenvalue weighted by atomic mass is 32.2. The average Bonchev–Trinajstić information content (AvgIpc) is 3.77. The number of aromatic nitrogens is 1. The number of sulfone groups is 1. The van der Waals surface area contributed by atoms with Crippen molar-refractivity contribution in [2.75, 3.05) is 12.3 Å². The molecule has 0 bridgehead atoms. The summed E-state index contributed by atoms with van der Waals surface area (Å²) in [4.78, 5) is 19.8. The highest BCUT2D eigenvalue weighted by molar-refractivity contribution is 7.90. The van der Waals surface area contributed by atoms with Gasteiger partial charge >= 0.3 is 0 Å². The number of nitrogens with zero attached hydrogens (tertiary/aromatic N) is 1. The highest BCUT2D eigenvalue weighted by Gasteiger charge is 2.30. The molecule has 1 amide bonds. The van der Waals surface area contributed by atoms with Crippen molar-refractivity contribution < 1.29 is 22.7 Å². The van der Waals surface area contributed by atoms with E-state index in [1.807, 2.05) is 59.3 Å². The molecule has 0 fully saturated rings. The van der Waals surface area contributed by atoms with Gasteiger partial charge in [-0.3, -0.25) is 10.1 Å². The summed E-state index contributed by atoms with van der Waals surface area (Å²) in [6.07, 6.45) is 0.806. The number of benzene rings is 2. The number of fused-ring (bicyclic) bond motifs is 1. The van der Waals surface area contributed by atoms with Gasteiger partial charge in [-0.15, -0.1) is 22.7 Å². The predicted molar refractivity (Wildman–Crippen MR) is 167 cm³/mol. The Hall–Kier alpha value is -3.35. The van der Waals surface area contributed by atoms with Gasteiger partial charge in [0.2, 0.25) is 11.8 Å². The minimum atomic E-state index is -3.62. The average molecular weight is 624 g/mol. The van der Waals surface area contributed by atoms with Crippen LogP contribution in [0.4, 0.5) is 0 Å². The quantitative estimate of drug-likeness (QED) is 0.129. The summed E-state index contributed by atoms with van der Waals surface area (Å²) in [5.74, 6) is -0.571. The molecule has 0 unspecified atom stereocenters. The lowest BCUT2D eigenvalue weighted by Gasteiger charge is -2.24. The van der Waals surface area contributed by atoms with Crippen LogP contribution in [0.25, 0.3) is 11.1 Å². The van der Waals surface area contributed by atoms with E-state index in [4.69, 9.17) is 4.42 Å². The van der Waals surface area contributed by atoms with Crippen LogP contribution >= 0.6 is 22.7 Å². The second kappa shape index (κ2) is 14.2. The van der Waals surface area contributed by atoms with Gasteiger partial charge in [0, 0.05) is 16.3 Å². The number of aliphatic hydroxyl groups excluding tert-OH is 1. The van der Waals surface area contributed by atoms with Crippen LogP contribution < -0.4 is 10.6 Å². The van der Waals surface area contributed by atoms with Crippen LogP contribution in [0.1, 0.15) is 52.6 Å². The van der Waals surface area contributed by atoms with Gasteiger partial charge in [0.15, 0.2) is 15.4 Å². The minimum absolute atomic E-state index is 0.143. The van der Waals surface area contributed by atoms with Gasteiger partial charge in [0.05, 0.1) is 17.5 Å². The molecule has 0 aliphatic rings. The first-order valence-electron chi connectivity index (χ1n) is 13.8. The molecule has 0 radical (unpaired) electrons. The van der Waals surface area contributed by atoms with Gasteiger partial charge in [0.25, 0.3) is 0 Å². The number of amides is 1. The molecule has 0 saturated heterocycles. The Kier molecular flexibility index (Phi) is 10.2. The molecule has 8 nitrogen and oxygen atoms in total. The monoisotopic (exact) mass is 623 g/mol. The number of hydrogen-bond acceptors (Lipinski definition) is 9. The third-order valence-corrected chi connectivity index (χ3v) is 10.3. The van der Waals surface area contributed by atoms with Crippen LogP contribution in [-0.2, 0) is 20.4 Å². The summed E-state index contributed by atoms with van der Waals surface area (Å²) in [5, 5.41) is 20.7. The summed E-state index contributed by atoms with van der Waals surface area (Å²) in [6, 6.07) is 22.9. The van der Waals surface area contributed by atoms with Gasteiger partial charge in [-0.05, 0) is 59.9 Å². The van der Waals surface area contributed by atoms with Crippen molar-refractivity contribution in [3.63, 3.8) is 0 Å². The maximum Gasteiger partial charge on any atom is 0.238 e. The summed E-state index contributed by atoms with van der Waals surface area (Å²) < 4.78 is 32.2. The molecule has 5 rings (SSSR count). The molecule has 0 aliphatic carbocycles. The lowest BCUT2D eigenvalue weighted by molar-refractivity contribution is -0.122. The number of unbranched alkanes of at least 4 members (excludes halogenated alkanes) is 1. The minimum Gasteiger partial charge on any atom is -0.438 e. The summed E-state index contributed by atoms with van der Waals surface area (Å²) >= 11 is 3.11. The third-order valence-electron chi connectivity index (χ3n) is 6.79. The summed E-state index contributed by atoms with van der Waals surface area (Å²) in [6.45, 7) is 0.346. The molecule has 3 aromatic heterocycles. The lowest BCUT2D eigenvalue weighted by atomic mass is 10.1. The van der Waals surface area contributed by atoms with E-state index in [0.717, 1.165) is 9.75 Å². The van der Waals surface area contributed by atoms with Crippen LogP contribution in [-0.4, -0.2) is 42.8 Å². The normalized spacial score (nSPS) is 13.4. The topological polar surface area (TPSA) is 122 Å². The molecule has 5 aromatic rings. The van der Waals surface area contributed by atoms with Crippen molar-refractivity contribution >= 4 is 49.5 Å². The number of thiophene rings is 2. The molecule has 42 heavy (non-hydrogen) atoms. The number of para-hydroxylation sites is 2. The SMILES string of the molecule is O=C(NCCCC[C@H](O)c1nc2ccccc2o1)[C@H](CS(=O)(=O)Cc1ccccc1)NC(c1cccs1)c1cccs1. The second-order valence-corrected chi connectivity index (χ2v) is 14.1. The van der Waals surface area contributed by atoms with E-state index in [1.54, 1.807) is 53.0 Å². The van der Waals surface area contributed by atoms with E-state index in [-0.39, 0.29) is 29.3 Å². The molecule has 220 valence electrons. The number of carbonyl (C=O) groups excluding carboxylic acids is 1. The molecule has 2 atom stereocenters. The fourth-order valence-corrected chi connectivity index (χ4v) is 7.96. The van der Waals surface area contributed by atoms with Crippen molar-refractivity contribution in [3.05, 3.63) is 111 Å². The Labute approximate surface area is 253 Å². The van der Waals surface area contributed by atoms with E-state index >= 15 is 0 Å². The molecule has 0 saturated carbocycles. The van der Waals surface area contributed by atoms with Gasteiger partial charge in [0.1, 0.15) is 17.7 Å². The number of rotatable bonds is 15. The van der Waals surface area contributed by atoms with Crippen molar-refractivity contribution in [2.45, 2.75) is 43.2 Å². The van der Waals surface area contributed by atoms with Gasteiger partial charge in [-0.25, -0.2) is 13.4 Å². The Morgan fingerprint density at radius 1 is 0.905 bits per heavy atom. The lowest BCUT2D eigenvalue weighted by Crippen LogP contribution is -2.49. The van der Waals surface area contributed by atoms with Crippen LogP contribution in [0.15, 0.2) is 94.0 Å². The first kappa shape index (κ1) is 30.1. The zero-order valence-corrected chi connectivity index (χ0v) is 25.3. The maximum atomic E-state index is 13.5. The fourth-order valence-electron chi connectivity index (χ4n) is 4.71. The Morgan fingerprint density at radius 2 is 1.60 bits per heavy atom. The van der Waals surface area contributed by atoms with Gasteiger partial charge in [-0.1, -0.05) is 54.6 Å². The van der Waals surface area contributed by atoms with Crippen LogP contribution in [0.5, 0.6) is 0 Å². The Morgan fingerprint density at radius 3 is 2.26 bits per heavy atom. The third kappa shape index (κ3) is 8.14. The largest absolute Gasteiger partial charge is 0.438 e. The Bertz CT molecular complexity index is 1590. The van der Waals surface area contributed by atoms with E-state index < -0.39 is 22.0 Å².